The lowest BCUT2D eigenvalue weighted by Gasteiger charge is -2.46. The summed E-state index contributed by atoms with van der Waals surface area (Å²) in [4.78, 5) is 37.9. The van der Waals surface area contributed by atoms with E-state index in [-0.39, 0.29) is 36.1 Å². The molecule has 200 valence electrons. The quantitative estimate of drug-likeness (QED) is 0.188. The number of hydrogen-bond acceptors (Lipinski definition) is 8. The molecule has 3 atom stereocenters. The Morgan fingerprint density at radius 3 is 2.49 bits per heavy atom. The van der Waals surface area contributed by atoms with E-state index in [1.807, 2.05) is 24.3 Å². The predicted octanol–water partition coefficient (Wildman–Crippen LogP) is 2.20. The Labute approximate surface area is 224 Å². The van der Waals surface area contributed by atoms with E-state index in [1.165, 1.54) is 6.07 Å². The number of aromatic hydroxyl groups is 1. The first-order chi connectivity index (χ1) is 18.6. The highest BCUT2D eigenvalue weighted by molar-refractivity contribution is 6.22. The second-order valence-corrected chi connectivity index (χ2v) is 10.2. The van der Waals surface area contributed by atoms with Crippen LogP contribution < -0.4 is 11.1 Å². The minimum absolute atomic E-state index is 0.0691. The maximum Gasteiger partial charge on any atom is 0.255 e. The summed E-state index contributed by atoms with van der Waals surface area (Å²) in [6, 6.07) is 11.0. The zero-order valence-electron chi connectivity index (χ0n) is 21.0. The topological polar surface area (TPSA) is 170 Å². The zero-order chi connectivity index (χ0) is 28.1. The van der Waals surface area contributed by atoms with Gasteiger partial charge in [-0.1, -0.05) is 30.3 Å². The van der Waals surface area contributed by atoms with Gasteiger partial charge < -0.3 is 31.5 Å². The number of carbonyl (C=O) groups is 3. The molecule has 39 heavy (non-hydrogen) atoms. The van der Waals surface area contributed by atoms with E-state index in [9.17, 15) is 34.8 Å². The van der Waals surface area contributed by atoms with Crippen molar-refractivity contribution in [2.75, 3.05) is 6.54 Å². The summed E-state index contributed by atoms with van der Waals surface area (Å²) in [6.07, 6.45) is 5.89. The molecule has 1 saturated carbocycles. The monoisotopic (exact) mass is 528 g/mol. The highest BCUT2D eigenvalue weighted by atomic mass is 16.3. The van der Waals surface area contributed by atoms with Gasteiger partial charge in [-0.25, -0.2) is 0 Å². The van der Waals surface area contributed by atoms with Gasteiger partial charge in [0.25, 0.3) is 5.91 Å². The largest absolute Gasteiger partial charge is 0.508 e. The number of nitrogens with two attached hydrogens (primary N) is 1. The van der Waals surface area contributed by atoms with Crippen molar-refractivity contribution in [3.05, 3.63) is 70.0 Å². The normalized spacial score (nSPS) is 24.1. The molecular formula is C30H28N2O7. The van der Waals surface area contributed by atoms with E-state index in [0.717, 1.165) is 16.7 Å². The maximum atomic E-state index is 13.6. The van der Waals surface area contributed by atoms with Gasteiger partial charge >= 0.3 is 0 Å². The fourth-order valence-corrected chi connectivity index (χ4v) is 6.09. The summed E-state index contributed by atoms with van der Waals surface area (Å²) in [5.41, 5.74) is 5.03. The van der Waals surface area contributed by atoms with Crippen LogP contribution in [-0.4, -0.2) is 50.0 Å². The van der Waals surface area contributed by atoms with Gasteiger partial charge in [-0.15, -0.1) is 12.3 Å². The first-order valence-electron chi connectivity index (χ1n) is 12.6. The number of hydrogen-bond donors (Lipinski definition) is 6. The summed E-state index contributed by atoms with van der Waals surface area (Å²) >= 11 is 0. The van der Waals surface area contributed by atoms with Crippen molar-refractivity contribution >= 4 is 23.2 Å². The first kappa shape index (κ1) is 26.2. The lowest BCUT2D eigenvalue weighted by atomic mass is 9.59. The number of primary amides is 1. The summed E-state index contributed by atoms with van der Waals surface area (Å²) in [5, 5.41) is 47.3. The third-order valence-electron chi connectivity index (χ3n) is 7.99. The molecular weight excluding hydrogens is 500 g/mol. The molecule has 0 spiro atoms. The summed E-state index contributed by atoms with van der Waals surface area (Å²) in [5.74, 6) is -3.86. The summed E-state index contributed by atoms with van der Waals surface area (Å²) in [6.45, 7) is 1.35. The number of aliphatic hydroxyl groups is 3. The van der Waals surface area contributed by atoms with E-state index >= 15 is 0 Å². The van der Waals surface area contributed by atoms with Crippen molar-refractivity contribution in [2.45, 2.75) is 37.8 Å². The van der Waals surface area contributed by atoms with Gasteiger partial charge in [-0.05, 0) is 47.1 Å². The van der Waals surface area contributed by atoms with Gasteiger partial charge in [-0.3, -0.25) is 14.4 Å². The molecule has 1 fully saturated rings. The van der Waals surface area contributed by atoms with Gasteiger partial charge in [0.2, 0.25) is 5.78 Å². The minimum atomic E-state index is -2.58. The number of carbonyl (C=O) groups excluding carboxylic acids is 3. The smallest absolute Gasteiger partial charge is 0.255 e. The molecule has 3 aliphatic carbocycles. The lowest BCUT2D eigenvalue weighted by Crippen LogP contribution is -2.58. The molecule has 1 amide bonds. The number of phenols is 1. The second-order valence-electron chi connectivity index (χ2n) is 10.2. The van der Waals surface area contributed by atoms with Crippen molar-refractivity contribution in [2.24, 2.45) is 17.6 Å². The van der Waals surface area contributed by atoms with Gasteiger partial charge in [0.15, 0.2) is 11.4 Å². The highest BCUT2D eigenvalue weighted by Gasteiger charge is 2.60. The Hall–Kier alpha value is -4.39. The molecule has 0 heterocycles. The molecule has 7 N–H and O–H groups in total. The van der Waals surface area contributed by atoms with Crippen LogP contribution in [0, 0.1) is 24.2 Å². The standard InChI is InChI=1S/C30H28N2O7/c1-2-3-10-32-14-15-4-6-16(7-5-15)19-8-9-21(33)24-20(19)12-17-11-18-13-22(34)25(29(31)38)28(37)30(18,39)27(36)23(17)26(24)35/h1,4-9,17-18,32-33,35,37,39H,3,10-14H2,(H2,31,38). The van der Waals surface area contributed by atoms with Gasteiger partial charge in [0, 0.05) is 37.4 Å². The molecule has 0 bridgehead atoms. The third-order valence-corrected chi connectivity index (χ3v) is 7.99. The SMILES string of the molecule is C#CCCNCc1ccc(-c2ccc(O)c3c2CC2CC4CC(=O)C(C(N)=O)=C(O)C4(O)C(=O)C2=C3O)cc1. The van der Waals surface area contributed by atoms with Gasteiger partial charge in [-0.2, -0.15) is 0 Å². The van der Waals surface area contributed by atoms with Crippen molar-refractivity contribution in [3.63, 3.8) is 0 Å². The van der Waals surface area contributed by atoms with Crippen LogP contribution in [0.5, 0.6) is 5.75 Å². The summed E-state index contributed by atoms with van der Waals surface area (Å²) in [7, 11) is 0. The fourth-order valence-electron chi connectivity index (χ4n) is 6.09. The van der Waals surface area contributed by atoms with Crippen LogP contribution in [0.2, 0.25) is 0 Å². The molecule has 5 rings (SSSR count). The van der Waals surface area contributed by atoms with Crippen LogP contribution in [0.4, 0.5) is 0 Å². The van der Waals surface area contributed by atoms with E-state index in [2.05, 4.69) is 11.2 Å². The number of phenolic OH excluding ortho intramolecular Hbond substituents is 1. The first-order valence-corrected chi connectivity index (χ1v) is 12.6. The molecule has 9 nitrogen and oxygen atoms in total. The number of ketones is 2. The highest BCUT2D eigenvalue weighted by Crippen LogP contribution is 2.53. The number of terminal acetylenes is 1. The van der Waals surface area contributed by atoms with E-state index in [0.29, 0.717) is 25.1 Å². The molecule has 9 heteroatoms. The number of aliphatic hydroxyl groups excluding tert-OH is 2. The van der Waals surface area contributed by atoms with Crippen LogP contribution in [0.3, 0.4) is 0 Å². The average Bonchev–Trinajstić information content (AvgIpc) is 2.89. The van der Waals surface area contributed by atoms with Crippen molar-refractivity contribution < 1.29 is 34.8 Å². The maximum absolute atomic E-state index is 13.6. The molecule has 2 aromatic carbocycles. The van der Waals surface area contributed by atoms with E-state index in [4.69, 9.17) is 12.2 Å². The van der Waals surface area contributed by atoms with Crippen LogP contribution in [0.25, 0.3) is 16.9 Å². The van der Waals surface area contributed by atoms with Crippen LogP contribution in [-0.2, 0) is 27.3 Å². The Balaban J connectivity index is 1.55. The second kappa shape index (κ2) is 9.73. The van der Waals surface area contributed by atoms with Crippen molar-refractivity contribution in [3.8, 4) is 29.2 Å². The molecule has 0 aliphatic heterocycles. The molecule has 0 radical (unpaired) electrons. The van der Waals surface area contributed by atoms with E-state index in [1.54, 1.807) is 6.07 Å². The number of fused-ring (bicyclic) bond motifs is 3. The van der Waals surface area contributed by atoms with E-state index < -0.39 is 52.0 Å². The van der Waals surface area contributed by atoms with Gasteiger partial charge in [0.1, 0.15) is 22.8 Å². The number of nitrogens with one attached hydrogen (secondary N) is 1. The number of amides is 1. The van der Waals surface area contributed by atoms with Crippen molar-refractivity contribution in [1.29, 1.82) is 0 Å². The third kappa shape index (κ3) is 4.09. The molecule has 3 unspecified atom stereocenters. The lowest BCUT2D eigenvalue weighted by molar-refractivity contribution is -0.147. The molecule has 0 saturated heterocycles. The Kier molecular flexibility index (Phi) is 6.54. The van der Waals surface area contributed by atoms with Crippen LogP contribution in [0.1, 0.15) is 36.0 Å². The van der Waals surface area contributed by atoms with Crippen LogP contribution in [0.15, 0.2) is 53.3 Å². The molecule has 0 aromatic heterocycles. The average molecular weight is 529 g/mol. The Bertz CT molecular complexity index is 1510. The van der Waals surface area contributed by atoms with Gasteiger partial charge in [0.05, 0.1) is 5.56 Å². The number of rotatable bonds is 6. The Morgan fingerprint density at radius 1 is 1.10 bits per heavy atom. The molecule has 2 aromatic rings. The predicted molar refractivity (Wildman–Crippen MR) is 142 cm³/mol. The summed E-state index contributed by atoms with van der Waals surface area (Å²) < 4.78 is 0. The van der Waals surface area contributed by atoms with Crippen molar-refractivity contribution in [1.82, 2.24) is 5.32 Å². The number of benzene rings is 2. The Morgan fingerprint density at radius 2 is 1.82 bits per heavy atom. The molecule has 3 aliphatic rings. The minimum Gasteiger partial charge on any atom is -0.508 e. The van der Waals surface area contributed by atoms with Crippen LogP contribution >= 0.6 is 0 Å². The number of Topliss-reactive ketones (excluding diaryl/α,β-unsaturated/α-hetero) is 2. The fraction of sp³-hybridized carbons (Fsp3) is 0.300. The zero-order valence-corrected chi connectivity index (χ0v) is 21.0.